The molecule has 0 radical (unpaired) electrons. The van der Waals surface area contributed by atoms with Gasteiger partial charge in [-0.15, -0.1) is 0 Å². The van der Waals surface area contributed by atoms with Crippen LogP contribution in [0.2, 0.25) is 0 Å². The van der Waals surface area contributed by atoms with Gasteiger partial charge in [-0.2, -0.15) is 0 Å². The summed E-state index contributed by atoms with van der Waals surface area (Å²) in [5.41, 5.74) is 0.764. The summed E-state index contributed by atoms with van der Waals surface area (Å²) in [5.74, 6) is -0.854. The quantitative estimate of drug-likeness (QED) is 0.684. The van der Waals surface area contributed by atoms with Gasteiger partial charge in [0.25, 0.3) is 0 Å². The molecule has 0 aromatic carbocycles. The van der Waals surface area contributed by atoms with Crippen molar-refractivity contribution < 1.29 is 14.6 Å². The second kappa shape index (κ2) is 6.79. The summed E-state index contributed by atoms with van der Waals surface area (Å²) in [4.78, 5) is 14.8. The van der Waals surface area contributed by atoms with Crippen molar-refractivity contribution in [2.45, 2.75) is 18.9 Å². The van der Waals surface area contributed by atoms with E-state index >= 15 is 0 Å². The van der Waals surface area contributed by atoms with Crippen molar-refractivity contribution >= 4 is 11.7 Å². The minimum Gasteiger partial charge on any atom is -0.480 e. The number of carboxylic acids is 1. The Morgan fingerprint density at radius 1 is 1.56 bits per heavy atom. The Morgan fingerprint density at radius 2 is 2.25 bits per heavy atom. The maximum absolute atomic E-state index is 11.0. The molecule has 0 aliphatic carbocycles. The average molecular weight is 224 g/mol. The number of carboxylic acid groups (broad SMARTS) is 1. The summed E-state index contributed by atoms with van der Waals surface area (Å²) in [6.07, 6.45) is 4.49. The van der Waals surface area contributed by atoms with Crippen LogP contribution in [0.4, 0.5) is 5.69 Å². The zero-order chi connectivity index (χ0) is 11.8. The lowest BCUT2D eigenvalue weighted by Gasteiger charge is -2.15. The molecular formula is C11H16N2O3. The number of rotatable bonds is 7. The number of aromatic nitrogens is 1. The van der Waals surface area contributed by atoms with Crippen molar-refractivity contribution in [2.75, 3.05) is 19.0 Å². The number of hydrogen-bond donors (Lipinski definition) is 2. The Labute approximate surface area is 94.5 Å². The fraction of sp³-hybridized carbons (Fsp3) is 0.455. The lowest BCUT2D eigenvalue weighted by atomic mass is 10.1. The van der Waals surface area contributed by atoms with Crippen LogP contribution in [0.3, 0.4) is 0 Å². The fourth-order valence-electron chi connectivity index (χ4n) is 1.34. The van der Waals surface area contributed by atoms with E-state index in [4.69, 9.17) is 9.84 Å². The van der Waals surface area contributed by atoms with Gasteiger partial charge >= 0.3 is 5.97 Å². The molecule has 2 N–H and O–H groups in total. The third-order valence-electron chi connectivity index (χ3n) is 2.16. The van der Waals surface area contributed by atoms with Gasteiger partial charge in [-0.1, -0.05) is 0 Å². The summed E-state index contributed by atoms with van der Waals surface area (Å²) in [5, 5.41) is 12.0. The van der Waals surface area contributed by atoms with Gasteiger partial charge in [-0.3, -0.25) is 4.98 Å². The summed E-state index contributed by atoms with van der Waals surface area (Å²) < 4.78 is 4.89. The number of carbonyl (C=O) groups is 1. The Kier molecular flexibility index (Phi) is 5.28. The molecule has 0 fully saturated rings. The number of ether oxygens (including phenoxy) is 1. The van der Waals surface area contributed by atoms with Crippen LogP contribution < -0.4 is 5.32 Å². The molecule has 1 aromatic rings. The molecule has 1 unspecified atom stereocenters. The number of methoxy groups -OCH3 is 1. The number of aliphatic carboxylic acids is 1. The molecule has 0 saturated carbocycles. The largest absolute Gasteiger partial charge is 0.480 e. The van der Waals surface area contributed by atoms with Crippen LogP contribution in [-0.4, -0.2) is 35.8 Å². The molecule has 0 amide bonds. The fourth-order valence-corrected chi connectivity index (χ4v) is 1.34. The zero-order valence-corrected chi connectivity index (χ0v) is 9.22. The summed E-state index contributed by atoms with van der Waals surface area (Å²) in [6, 6.07) is 2.90. The normalized spacial score (nSPS) is 12.1. The molecule has 0 aliphatic rings. The molecule has 5 heteroatoms. The average Bonchev–Trinajstić information content (AvgIpc) is 2.29. The van der Waals surface area contributed by atoms with E-state index in [1.54, 1.807) is 31.6 Å². The predicted molar refractivity (Wildman–Crippen MR) is 60.4 cm³/mol. The van der Waals surface area contributed by atoms with Crippen molar-refractivity contribution in [1.29, 1.82) is 0 Å². The molecule has 1 aromatic heterocycles. The molecule has 1 heterocycles. The van der Waals surface area contributed by atoms with E-state index in [2.05, 4.69) is 10.3 Å². The van der Waals surface area contributed by atoms with Crippen molar-refractivity contribution in [2.24, 2.45) is 0 Å². The van der Waals surface area contributed by atoms with Crippen LogP contribution in [0, 0.1) is 0 Å². The number of nitrogens with one attached hydrogen (secondary N) is 1. The monoisotopic (exact) mass is 224 g/mol. The van der Waals surface area contributed by atoms with Crippen molar-refractivity contribution in [1.82, 2.24) is 4.98 Å². The van der Waals surface area contributed by atoms with E-state index in [1.165, 1.54) is 0 Å². The van der Waals surface area contributed by atoms with E-state index in [0.717, 1.165) is 5.69 Å². The molecule has 1 atom stereocenters. The van der Waals surface area contributed by atoms with Gasteiger partial charge in [0.05, 0.1) is 0 Å². The minimum atomic E-state index is -0.854. The molecule has 5 nitrogen and oxygen atoms in total. The zero-order valence-electron chi connectivity index (χ0n) is 9.22. The maximum atomic E-state index is 11.0. The van der Waals surface area contributed by atoms with E-state index in [9.17, 15) is 4.79 Å². The first-order chi connectivity index (χ1) is 7.74. The lowest BCUT2D eigenvalue weighted by Crippen LogP contribution is -2.29. The molecular weight excluding hydrogens is 208 g/mol. The minimum absolute atomic E-state index is 0.533. The van der Waals surface area contributed by atoms with E-state index in [1.807, 2.05) is 0 Å². The first-order valence-electron chi connectivity index (χ1n) is 5.12. The third kappa shape index (κ3) is 4.27. The predicted octanol–water partition coefficient (Wildman–Crippen LogP) is 1.37. The summed E-state index contributed by atoms with van der Waals surface area (Å²) in [6.45, 7) is 0.571. The molecule has 0 saturated heterocycles. The third-order valence-corrected chi connectivity index (χ3v) is 2.16. The van der Waals surface area contributed by atoms with Gasteiger partial charge in [0.2, 0.25) is 0 Å². The summed E-state index contributed by atoms with van der Waals surface area (Å²) in [7, 11) is 1.60. The van der Waals surface area contributed by atoms with Gasteiger partial charge in [-0.25, -0.2) is 4.79 Å². The van der Waals surface area contributed by atoms with E-state index in [-0.39, 0.29) is 0 Å². The number of anilines is 1. The smallest absolute Gasteiger partial charge is 0.326 e. The van der Waals surface area contributed by atoms with Crippen molar-refractivity contribution in [3.63, 3.8) is 0 Å². The molecule has 88 valence electrons. The topological polar surface area (TPSA) is 71.5 Å². The van der Waals surface area contributed by atoms with Crippen LogP contribution in [0.15, 0.2) is 24.5 Å². The standard InChI is InChI=1S/C11H16N2O3/c1-16-8-2-3-10(11(14)15)13-9-4-6-12-7-5-9/h4-7,10H,2-3,8H2,1H3,(H,12,13)(H,14,15). The highest BCUT2D eigenvalue weighted by molar-refractivity contribution is 5.77. The van der Waals surface area contributed by atoms with Crippen LogP contribution in [0.1, 0.15) is 12.8 Å². The van der Waals surface area contributed by atoms with Crippen LogP contribution >= 0.6 is 0 Å². The molecule has 16 heavy (non-hydrogen) atoms. The van der Waals surface area contributed by atoms with Gasteiger partial charge in [0.15, 0.2) is 0 Å². The van der Waals surface area contributed by atoms with Crippen LogP contribution in [0.5, 0.6) is 0 Å². The highest BCUT2D eigenvalue weighted by atomic mass is 16.5. The van der Waals surface area contributed by atoms with E-state index < -0.39 is 12.0 Å². The molecule has 1 rings (SSSR count). The highest BCUT2D eigenvalue weighted by Crippen LogP contribution is 2.09. The van der Waals surface area contributed by atoms with Gasteiger partial charge in [0.1, 0.15) is 6.04 Å². The number of hydrogen-bond acceptors (Lipinski definition) is 4. The van der Waals surface area contributed by atoms with Gasteiger partial charge in [0, 0.05) is 31.8 Å². The van der Waals surface area contributed by atoms with E-state index in [0.29, 0.717) is 19.4 Å². The first kappa shape index (κ1) is 12.4. The first-order valence-corrected chi connectivity index (χ1v) is 5.12. The Hall–Kier alpha value is -1.62. The number of nitrogens with zero attached hydrogens (tertiary/aromatic N) is 1. The van der Waals surface area contributed by atoms with Crippen molar-refractivity contribution in [3.05, 3.63) is 24.5 Å². The Bertz CT molecular complexity index is 316. The van der Waals surface area contributed by atoms with Gasteiger partial charge < -0.3 is 15.2 Å². The second-order valence-corrected chi connectivity index (χ2v) is 3.41. The SMILES string of the molecule is COCCCC(Nc1ccncc1)C(=O)O. The van der Waals surface area contributed by atoms with Crippen LogP contribution in [0.25, 0.3) is 0 Å². The van der Waals surface area contributed by atoms with Crippen molar-refractivity contribution in [3.8, 4) is 0 Å². The number of pyridine rings is 1. The molecule has 0 spiro atoms. The highest BCUT2D eigenvalue weighted by Gasteiger charge is 2.16. The summed E-state index contributed by atoms with van der Waals surface area (Å²) >= 11 is 0. The Balaban J connectivity index is 2.48. The second-order valence-electron chi connectivity index (χ2n) is 3.41. The maximum Gasteiger partial charge on any atom is 0.326 e. The molecule has 0 aliphatic heterocycles. The van der Waals surface area contributed by atoms with Gasteiger partial charge in [-0.05, 0) is 25.0 Å². The lowest BCUT2D eigenvalue weighted by molar-refractivity contribution is -0.138. The molecule has 0 bridgehead atoms. The Morgan fingerprint density at radius 3 is 2.81 bits per heavy atom. The van der Waals surface area contributed by atoms with Crippen LogP contribution in [-0.2, 0) is 9.53 Å².